The minimum atomic E-state index is 0.280. The second-order valence-electron chi connectivity index (χ2n) is 9.71. The number of hydrogen-bond donors (Lipinski definition) is 1. The van der Waals surface area contributed by atoms with E-state index in [-0.39, 0.29) is 11.3 Å². The summed E-state index contributed by atoms with van der Waals surface area (Å²) in [5, 5.41) is 3.14. The zero-order valence-electron chi connectivity index (χ0n) is 16.1. The van der Waals surface area contributed by atoms with E-state index in [0.29, 0.717) is 11.3 Å². The fraction of sp³-hybridized carbons (Fsp3) is 0.727. The Kier molecular flexibility index (Phi) is 3.64. The predicted octanol–water partition coefficient (Wildman–Crippen LogP) is 4.10. The van der Waals surface area contributed by atoms with Crippen LogP contribution >= 0.6 is 0 Å². The molecule has 1 aromatic heterocycles. The Balaban J connectivity index is 1.45. The van der Waals surface area contributed by atoms with Crippen LogP contribution in [-0.4, -0.2) is 22.0 Å². The summed E-state index contributed by atoms with van der Waals surface area (Å²) in [7, 11) is 0. The molecule has 0 spiro atoms. The minimum absolute atomic E-state index is 0.280. The van der Waals surface area contributed by atoms with Crippen molar-refractivity contribution in [1.82, 2.24) is 14.9 Å². The van der Waals surface area contributed by atoms with E-state index < -0.39 is 0 Å². The number of nitrogens with one attached hydrogen (secondary N) is 1. The first-order valence-corrected chi connectivity index (χ1v) is 10.5. The summed E-state index contributed by atoms with van der Waals surface area (Å²) in [6.07, 6.45) is 16.7. The molecule has 0 radical (unpaired) electrons. The second-order valence-corrected chi connectivity index (χ2v) is 9.71. The molecule has 4 aliphatic rings. The molecule has 5 rings (SSSR count). The van der Waals surface area contributed by atoms with Crippen LogP contribution in [0, 0.1) is 34.5 Å². The highest BCUT2D eigenvalue weighted by atomic mass is 16.1. The Hall–Kier alpha value is -1.58. The molecule has 1 aliphatic heterocycles. The average Bonchev–Trinajstić information content (AvgIpc) is 3.20. The van der Waals surface area contributed by atoms with Gasteiger partial charge in [-0.1, -0.05) is 19.9 Å². The monoisotopic (exact) mass is 353 g/mol. The molecule has 1 amide bonds. The van der Waals surface area contributed by atoms with Crippen molar-refractivity contribution in [2.24, 2.45) is 34.5 Å². The molecule has 140 valence electrons. The molecule has 2 saturated carbocycles. The SMILES string of the molecule is C[C@]12CCNC(=O)CC1CCC1C2CC[C@]2(C)C(n3ccnc3)=CCC12. The molecule has 6 atom stereocenters. The van der Waals surface area contributed by atoms with Gasteiger partial charge in [0.15, 0.2) is 0 Å². The molecule has 4 nitrogen and oxygen atoms in total. The van der Waals surface area contributed by atoms with E-state index in [1.54, 1.807) is 0 Å². The number of allylic oxidation sites excluding steroid dienone is 2. The third-order valence-corrected chi connectivity index (χ3v) is 8.81. The number of carbonyl (C=O) groups is 1. The molecular weight excluding hydrogens is 322 g/mol. The van der Waals surface area contributed by atoms with E-state index in [1.807, 2.05) is 12.5 Å². The largest absolute Gasteiger partial charge is 0.356 e. The van der Waals surface area contributed by atoms with Crippen molar-refractivity contribution in [3.05, 3.63) is 24.8 Å². The fourth-order valence-electron chi connectivity index (χ4n) is 7.37. The molecule has 3 aliphatic carbocycles. The van der Waals surface area contributed by atoms with Crippen LogP contribution in [0.4, 0.5) is 0 Å². The maximum Gasteiger partial charge on any atom is 0.220 e. The van der Waals surface area contributed by atoms with Crippen LogP contribution in [-0.2, 0) is 4.79 Å². The molecule has 1 aromatic rings. The third-order valence-electron chi connectivity index (χ3n) is 8.81. The summed E-state index contributed by atoms with van der Waals surface area (Å²) in [6.45, 7) is 5.88. The summed E-state index contributed by atoms with van der Waals surface area (Å²) in [4.78, 5) is 16.4. The molecule has 26 heavy (non-hydrogen) atoms. The lowest BCUT2D eigenvalue weighted by Crippen LogP contribution is -2.51. The van der Waals surface area contributed by atoms with Crippen LogP contribution in [0.2, 0.25) is 0 Å². The van der Waals surface area contributed by atoms with Gasteiger partial charge in [0.25, 0.3) is 0 Å². The molecule has 2 heterocycles. The summed E-state index contributed by atoms with van der Waals surface area (Å²) >= 11 is 0. The van der Waals surface area contributed by atoms with Crippen molar-refractivity contribution >= 4 is 11.6 Å². The lowest BCUT2D eigenvalue weighted by Gasteiger charge is -2.58. The van der Waals surface area contributed by atoms with Gasteiger partial charge in [-0.3, -0.25) is 4.79 Å². The minimum Gasteiger partial charge on any atom is -0.356 e. The summed E-state index contributed by atoms with van der Waals surface area (Å²) in [6, 6.07) is 0. The van der Waals surface area contributed by atoms with Crippen LogP contribution in [0.1, 0.15) is 58.8 Å². The number of fused-ring (bicyclic) bond motifs is 5. The Morgan fingerprint density at radius 1 is 1.19 bits per heavy atom. The Morgan fingerprint density at radius 2 is 2.08 bits per heavy atom. The Bertz CT molecular complexity index is 739. The van der Waals surface area contributed by atoms with Crippen molar-refractivity contribution in [3.8, 4) is 0 Å². The van der Waals surface area contributed by atoms with E-state index in [9.17, 15) is 4.79 Å². The van der Waals surface area contributed by atoms with Gasteiger partial charge in [-0.25, -0.2) is 4.98 Å². The van der Waals surface area contributed by atoms with Crippen molar-refractivity contribution in [2.75, 3.05) is 6.54 Å². The molecule has 4 heteroatoms. The number of nitrogens with zero attached hydrogens (tertiary/aromatic N) is 2. The molecule has 1 saturated heterocycles. The fourth-order valence-corrected chi connectivity index (χ4v) is 7.37. The first-order valence-electron chi connectivity index (χ1n) is 10.5. The standard InChI is InChI=1S/C22H31N3O/c1-21-9-10-24-20(26)13-15(21)3-4-16-17-5-6-19(25-12-11-23-14-25)22(17,2)8-7-18(16)21/h6,11-12,14-18H,3-5,7-10,13H2,1-2H3,(H,24,26)/t15?,16?,17?,18?,21-,22-/m0/s1. The van der Waals surface area contributed by atoms with E-state index in [2.05, 4.69) is 41.0 Å². The highest BCUT2D eigenvalue weighted by molar-refractivity contribution is 5.76. The smallest absolute Gasteiger partial charge is 0.220 e. The quantitative estimate of drug-likeness (QED) is 0.826. The number of carbonyl (C=O) groups excluding carboxylic acids is 1. The van der Waals surface area contributed by atoms with Crippen molar-refractivity contribution in [1.29, 1.82) is 0 Å². The van der Waals surface area contributed by atoms with Gasteiger partial charge in [-0.15, -0.1) is 0 Å². The van der Waals surface area contributed by atoms with Crippen molar-refractivity contribution < 1.29 is 4.79 Å². The van der Waals surface area contributed by atoms with Gasteiger partial charge in [-0.2, -0.15) is 0 Å². The third kappa shape index (κ3) is 2.20. The zero-order valence-corrected chi connectivity index (χ0v) is 16.1. The number of imidazole rings is 1. The van der Waals surface area contributed by atoms with Crippen LogP contribution in [0.15, 0.2) is 24.8 Å². The maximum atomic E-state index is 12.1. The molecule has 0 bridgehead atoms. The molecule has 1 N–H and O–H groups in total. The normalized spacial score (nSPS) is 45.0. The van der Waals surface area contributed by atoms with E-state index in [1.165, 1.54) is 37.8 Å². The summed E-state index contributed by atoms with van der Waals surface area (Å²) in [5.41, 5.74) is 2.09. The number of hydrogen-bond acceptors (Lipinski definition) is 2. The van der Waals surface area contributed by atoms with E-state index in [4.69, 9.17) is 0 Å². The van der Waals surface area contributed by atoms with Gasteiger partial charge < -0.3 is 9.88 Å². The van der Waals surface area contributed by atoms with Crippen molar-refractivity contribution in [3.63, 3.8) is 0 Å². The average molecular weight is 354 g/mol. The van der Waals surface area contributed by atoms with Crippen LogP contribution in [0.25, 0.3) is 5.70 Å². The topological polar surface area (TPSA) is 46.9 Å². The second kappa shape index (κ2) is 5.71. The molecule has 3 fully saturated rings. The summed E-state index contributed by atoms with van der Waals surface area (Å²) < 4.78 is 2.25. The molecule has 0 aromatic carbocycles. The van der Waals surface area contributed by atoms with E-state index >= 15 is 0 Å². The van der Waals surface area contributed by atoms with Gasteiger partial charge in [-0.05, 0) is 67.6 Å². The predicted molar refractivity (Wildman–Crippen MR) is 102 cm³/mol. The molecular formula is C22H31N3O. The first-order chi connectivity index (χ1) is 12.5. The lowest BCUT2D eigenvalue weighted by molar-refractivity contribution is -0.124. The van der Waals surface area contributed by atoms with Gasteiger partial charge in [0, 0.05) is 36.5 Å². The van der Waals surface area contributed by atoms with Gasteiger partial charge >= 0.3 is 0 Å². The van der Waals surface area contributed by atoms with E-state index in [0.717, 1.165) is 37.1 Å². The summed E-state index contributed by atoms with van der Waals surface area (Å²) in [5.74, 6) is 3.20. The maximum absolute atomic E-state index is 12.1. The highest BCUT2D eigenvalue weighted by Crippen LogP contribution is 2.65. The number of aromatic nitrogens is 2. The van der Waals surface area contributed by atoms with Gasteiger partial charge in [0.2, 0.25) is 5.91 Å². The first kappa shape index (κ1) is 16.6. The van der Waals surface area contributed by atoms with Crippen LogP contribution in [0.3, 0.4) is 0 Å². The number of amides is 1. The van der Waals surface area contributed by atoms with Crippen LogP contribution < -0.4 is 5.32 Å². The lowest BCUT2D eigenvalue weighted by atomic mass is 9.46. The van der Waals surface area contributed by atoms with Crippen LogP contribution in [0.5, 0.6) is 0 Å². The zero-order chi connectivity index (χ0) is 17.9. The Labute approximate surface area is 156 Å². The number of rotatable bonds is 1. The Morgan fingerprint density at radius 3 is 2.88 bits per heavy atom. The highest BCUT2D eigenvalue weighted by Gasteiger charge is 2.58. The molecule has 4 unspecified atom stereocenters. The van der Waals surface area contributed by atoms with Gasteiger partial charge in [0.05, 0.1) is 6.33 Å². The van der Waals surface area contributed by atoms with Gasteiger partial charge in [0.1, 0.15) is 0 Å². The van der Waals surface area contributed by atoms with Crippen molar-refractivity contribution in [2.45, 2.75) is 58.8 Å².